The molecule has 2 aromatic carbocycles. The molecule has 1 amide bonds. The van der Waals surface area contributed by atoms with Crippen LogP contribution in [-0.4, -0.2) is 58.1 Å². The first-order chi connectivity index (χ1) is 17.7. The number of rotatable bonds is 7. The van der Waals surface area contributed by atoms with Gasteiger partial charge in [-0.15, -0.1) is 5.10 Å². The van der Waals surface area contributed by atoms with E-state index in [0.717, 1.165) is 48.1 Å². The molecule has 188 valence electrons. The Balaban J connectivity index is 1.14. The summed E-state index contributed by atoms with van der Waals surface area (Å²) >= 11 is 1.46. The van der Waals surface area contributed by atoms with Gasteiger partial charge in [0.2, 0.25) is 4.96 Å². The molecular formula is C27H31FN6OS. The molecule has 2 N–H and O–H groups in total. The average Bonchev–Trinajstić information content (AvgIpc) is 3.63. The van der Waals surface area contributed by atoms with E-state index in [1.165, 1.54) is 43.7 Å². The van der Waals surface area contributed by atoms with Gasteiger partial charge in [0.25, 0.3) is 5.91 Å². The summed E-state index contributed by atoms with van der Waals surface area (Å²) in [6.07, 6.45) is 7.01. The normalized spacial score (nSPS) is 18.9. The minimum Gasteiger partial charge on any atom is -0.352 e. The van der Waals surface area contributed by atoms with E-state index in [1.54, 1.807) is 16.6 Å². The number of fused-ring (bicyclic) bond motifs is 3. The van der Waals surface area contributed by atoms with Gasteiger partial charge in [-0.1, -0.05) is 23.8 Å². The third-order valence-corrected chi connectivity index (χ3v) is 8.30. The van der Waals surface area contributed by atoms with Crippen molar-refractivity contribution < 1.29 is 9.18 Å². The Hall–Kier alpha value is -2.88. The first kappa shape index (κ1) is 23.5. The van der Waals surface area contributed by atoms with Crippen molar-refractivity contribution in [3.63, 3.8) is 0 Å². The lowest BCUT2D eigenvalue weighted by Gasteiger charge is -2.26. The predicted octanol–water partition coefficient (Wildman–Crippen LogP) is 4.78. The van der Waals surface area contributed by atoms with E-state index in [1.807, 2.05) is 24.3 Å². The van der Waals surface area contributed by atoms with Crippen LogP contribution >= 0.6 is 11.3 Å². The smallest absolute Gasteiger partial charge is 0.251 e. The van der Waals surface area contributed by atoms with Crippen molar-refractivity contribution in [3.8, 4) is 11.4 Å². The number of amides is 1. The summed E-state index contributed by atoms with van der Waals surface area (Å²) in [4.78, 5) is 20.4. The van der Waals surface area contributed by atoms with Crippen LogP contribution in [0.25, 0.3) is 26.6 Å². The average molecular weight is 507 g/mol. The van der Waals surface area contributed by atoms with E-state index in [9.17, 15) is 9.18 Å². The fourth-order valence-corrected chi connectivity index (χ4v) is 6.33. The van der Waals surface area contributed by atoms with Gasteiger partial charge in [0.1, 0.15) is 5.82 Å². The maximum atomic E-state index is 15.0. The molecule has 2 fully saturated rings. The molecular weight excluding hydrogens is 475 g/mol. The molecule has 36 heavy (non-hydrogen) atoms. The van der Waals surface area contributed by atoms with E-state index in [-0.39, 0.29) is 17.8 Å². The molecule has 2 aliphatic heterocycles. The summed E-state index contributed by atoms with van der Waals surface area (Å²) in [6.45, 7) is 5.04. The number of aromatic nitrogens is 3. The van der Waals surface area contributed by atoms with Crippen LogP contribution in [0.15, 0.2) is 36.4 Å². The summed E-state index contributed by atoms with van der Waals surface area (Å²) in [5.74, 6) is 0.0132. The zero-order valence-corrected chi connectivity index (χ0v) is 21.1. The molecule has 4 aromatic rings. The number of benzene rings is 2. The standard InChI is InChI=1S/C27H31FN6OS/c28-21-16-18(22-6-4-11-29-22)7-9-20(21)25-31-27-34(32-25)23-10-8-19(17-24(23)36-27)26(35)30-12-5-15-33-13-2-1-3-14-33/h7-10,16-17,22,29H,1-6,11-15H2,(H,30,35)/t22-/m1/s1. The van der Waals surface area contributed by atoms with Crippen molar-refractivity contribution in [2.75, 3.05) is 32.7 Å². The van der Waals surface area contributed by atoms with Crippen LogP contribution in [0.2, 0.25) is 0 Å². The number of likely N-dealkylation sites (tertiary alicyclic amines) is 1. The Morgan fingerprint density at radius 2 is 2.03 bits per heavy atom. The Morgan fingerprint density at radius 1 is 1.14 bits per heavy atom. The summed E-state index contributed by atoms with van der Waals surface area (Å²) in [5.41, 5.74) is 2.87. The maximum absolute atomic E-state index is 15.0. The van der Waals surface area contributed by atoms with Gasteiger partial charge in [-0.25, -0.2) is 8.91 Å². The van der Waals surface area contributed by atoms with Crippen LogP contribution in [0.4, 0.5) is 4.39 Å². The molecule has 2 aromatic heterocycles. The lowest BCUT2D eigenvalue weighted by molar-refractivity contribution is 0.0951. The fraction of sp³-hybridized carbons (Fsp3) is 0.444. The van der Waals surface area contributed by atoms with Crippen molar-refractivity contribution in [3.05, 3.63) is 53.3 Å². The van der Waals surface area contributed by atoms with Gasteiger partial charge in [-0.2, -0.15) is 4.98 Å². The lowest BCUT2D eigenvalue weighted by Crippen LogP contribution is -2.33. The maximum Gasteiger partial charge on any atom is 0.251 e. The molecule has 2 saturated heterocycles. The molecule has 0 bridgehead atoms. The molecule has 2 aliphatic rings. The molecule has 0 spiro atoms. The summed E-state index contributed by atoms with van der Waals surface area (Å²) in [7, 11) is 0. The van der Waals surface area contributed by atoms with Gasteiger partial charge in [0, 0.05) is 18.2 Å². The van der Waals surface area contributed by atoms with Crippen molar-refractivity contribution >= 4 is 32.4 Å². The largest absolute Gasteiger partial charge is 0.352 e. The minimum atomic E-state index is -0.303. The lowest BCUT2D eigenvalue weighted by atomic mass is 10.0. The van der Waals surface area contributed by atoms with E-state index in [4.69, 9.17) is 0 Å². The van der Waals surface area contributed by atoms with Crippen molar-refractivity contribution in [2.45, 2.75) is 44.6 Å². The highest BCUT2D eigenvalue weighted by atomic mass is 32.1. The van der Waals surface area contributed by atoms with Crippen LogP contribution < -0.4 is 10.6 Å². The number of hydrogen-bond acceptors (Lipinski definition) is 6. The summed E-state index contributed by atoms with van der Waals surface area (Å²) in [6, 6.07) is 11.2. The molecule has 1 atom stereocenters. The number of thiazole rings is 1. The summed E-state index contributed by atoms with van der Waals surface area (Å²) in [5, 5.41) is 11.0. The molecule has 0 unspecified atom stereocenters. The Bertz CT molecular complexity index is 1390. The number of hydrogen-bond donors (Lipinski definition) is 2. The molecule has 7 nitrogen and oxygen atoms in total. The molecule has 0 aliphatic carbocycles. The van der Waals surface area contributed by atoms with Gasteiger partial charge in [-0.3, -0.25) is 4.79 Å². The Kier molecular flexibility index (Phi) is 6.69. The van der Waals surface area contributed by atoms with Crippen LogP contribution in [0, 0.1) is 5.82 Å². The summed E-state index contributed by atoms with van der Waals surface area (Å²) < 4.78 is 17.6. The zero-order valence-electron chi connectivity index (χ0n) is 20.3. The van der Waals surface area contributed by atoms with Gasteiger partial charge in [0.15, 0.2) is 5.82 Å². The van der Waals surface area contributed by atoms with E-state index in [2.05, 4.69) is 25.6 Å². The van der Waals surface area contributed by atoms with Crippen LogP contribution in [0.5, 0.6) is 0 Å². The number of carbonyl (C=O) groups excluding carboxylic acids is 1. The van der Waals surface area contributed by atoms with Crippen molar-refractivity contribution in [1.82, 2.24) is 30.1 Å². The second-order valence-electron chi connectivity index (χ2n) is 9.81. The monoisotopic (exact) mass is 506 g/mol. The SMILES string of the molecule is O=C(NCCCN1CCCCC1)c1ccc2c(c1)sc1nc(-c3ccc([C@H]4CCCN4)cc3F)nn12. The number of nitrogens with one attached hydrogen (secondary N) is 2. The zero-order chi connectivity index (χ0) is 24.5. The van der Waals surface area contributed by atoms with Crippen LogP contribution in [0.1, 0.15) is 60.5 Å². The van der Waals surface area contributed by atoms with Crippen molar-refractivity contribution in [1.29, 1.82) is 0 Å². The Morgan fingerprint density at radius 3 is 2.83 bits per heavy atom. The highest BCUT2D eigenvalue weighted by Gasteiger charge is 2.20. The third-order valence-electron chi connectivity index (χ3n) is 7.31. The number of halogens is 1. The van der Waals surface area contributed by atoms with Crippen molar-refractivity contribution in [2.24, 2.45) is 0 Å². The van der Waals surface area contributed by atoms with Crippen LogP contribution in [-0.2, 0) is 0 Å². The van der Waals surface area contributed by atoms with Gasteiger partial charge in [0.05, 0.1) is 15.8 Å². The van der Waals surface area contributed by atoms with Gasteiger partial charge < -0.3 is 15.5 Å². The van der Waals surface area contributed by atoms with E-state index < -0.39 is 0 Å². The molecule has 0 radical (unpaired) electrons. The molecule has 9 heteroatoms. The second kappa shape index (κ2) is 10.2. The fourth-order valence-electron chi connectivity index (χ4n) is 5.33. The number of piperidine rings is 1. The highest BCUT2D eigenvalue weighted by molar-refractivity contribution is 7.23. The topological polar surface area (TPSA) is 74.6 Å². The van der Waals surface area contributed by atoms with Gasteiger partial charge in [-0.05, 0) is 94.2 Å². The third kappa shape index (κ3) is 4.75. The number of nitrogens with zero attached hydrogens (tertiary/aromatic N) is 4. The highest BCUT2D eigenvalue weighted by Crippen LogP contribution is 2.31. The molecule has 0 saturated carbocycles. The minimum absolute atomic E-state index is 0.0610. The molecule has 6 rings (SSSR count). The Labute approximate surface area is 213 Å². The van der Waals surface area contributed by atoms with Gasteiger partial charge >= 0.3 is 0 Å². The molecule has 4 heterocycles. The first-order valence-corrected chi connectivity index (χ1v) is 13.8. The first-order valence-electron chi connectivity index (χ1n) is 13.0. The van der Waals surface area contributed by atoms with Crippen LogP contribution in [0.3, 0.4) is 0 Å². The second-order valence-corrected chi connectivity index (χ2v) is 10.8. The van der Waals surface area contributed by atoms with E-state index >= 15 is 0 Å². The van der Waals surface area contributed by atoms with E-state index in [0.29, 0.717) is 28.5 Å². The predicted molar refractivity (Wildman–Crippen MR) is 141 cm³/mol. The number of carbonyl (C=O) groups is 1. The quantitative estimate of drug-likeness (QED) is 0.353.